The van der Waals surface area contributed by atoms with Gasteiger partial charge in [-0.25, -0.2) is 0 Å². The molecule has 0 fully saturated rings. The van der Waals surface area contributed by atoms with Gasteiger partial charge in [0, 0.05) is 24.6 Å². The molecule has 29 heavy (non-hydrogen) atoms. The predicted octanol–water partition coefficient (Wildman–Crippen LogP) is 2.31. The Morgan fingerprint density at radius 2 is 1.97 bits per heavy atom. The van der Waals surface area contributed by atoms with E-state index in [0.717, 1.165) is 12.0 Å². The second kappa shape index (κ2) is 8.70. The van der Waals surface area contributed by atoms with Crippen LogP contribution < -0.4 is 20.1 Å². The fourth-order valence-electron chi connectivity index (χ4n) is 3.10. The smallest absolute Gasteiger partial charge is 0.258 e. The van der Waals surface area contributed by atoms with Gasteiger partial charge in [0.2, 0.25) is 0 Å². The highest BCUT2D eigenvalue weighted by atomic mass is 16.5. The summed E-state index contributed by atoms with van der Waals surface area (Å²) in [5, 5.41) is 5.27. The molecule has 6 heteroatoms. The van der Waals surface area contributed by atoms with Gasteiger partial charge in [-0.15, -0.1) is 0 Å². The van der Waals surface area contributed by atoms with Crippen molar-refractivity contribution in [3.8, 4) is 23.3 Å². The van der Waals surface area contributed by atoms with Crippen LogP contribution in [0.3, 0.4) is 0 Å². The number of hydrogen-bond acceptors (Lipinski definition) is 4. The van der Waals surface area contributed by atoms with Crippen molar-refractivity contribution in [3.63, 3.8) is 0 Å². The van der Waals surface area contributed by atoms with Gasteiger partial charge in [-0.05, 0) is 32.0 Å². The average molecular weight is 392 g/mol. The minimum atomic E-state index is -0.284. The van der Waals surface area contributed by atoms with Crippen LogP contribution in [0.4, 0.5) is 0 Å². The first-order valence-electron chi connectivity index (χ1n) is 9.40. The Kier molecular flexibility index (Phi) is 6.08. The van der Waals surface area contributed by atoms with Crippen molar-refractivity contribution >= 4 is 11.8 Å². The molecule has 2 aromatic rings. The summed E-state index contributed by atoms with van der Waals surface area (Å²) in [5.41, 5.74) is 1.91. The first kappa shape index (κ1) is 20.3. The van der Waals surface area contributed by atoms with E-state index >= 15 is 0 Å². The predicted molar refractivity (Wildman–Crippen MR) is 110 cm³/mol. The molecule has 0 spiro atoms. The molecule has 0 atom stereocenters. The SMILES string of the molecule is CNC(=O)c1ccccc1C#CCNC(=O)COc1cccc2c1OC(C)(C)C2. The molecule has 2 amide bonds. The van der Waals surface area contributed by atoms with Crippen LogP contribution in [-0.4, -0.2) is 37.6 Å². The molecule has 150 valence electrons. The molecule has 1 aliphatic rings. The molecule has 6 nitrogen and oxygen atoms in total. The number of hydrogen-bond donors (Lipinski definition) is 2. The standard InChI is InChI=1S/C23H24N2O4/c1-23(2)14-17-9-6-12-19(21(17)29-23)28-15-20(26)25-13-7-10-16-8-4-5-11-18(16)22(27)24-3/h4-6,8-9,11-12H,13-15H2,1-3H3,(H,24,27)(H,25,26). The number of carbonyl (C=O) groups is 2. The normalized spacial score (nSPS) is 13.3. The van der Waals surface area contributed by atoms with Crippen LogP contribution in [0, 0.1) is 11.8 Å². The van der Waals surface area contributed by atoms with E-state index in [2.05, 4.69) is 22.5 Å². The third-order valence-corrected chi connectivity index (χ3v) is 4.41. The summed E-state index contributed by atoms with van der Waals surface area (Å²) in [7, 11) is 1.57. The molecule has 0 aliphatic carbocycles. The summed E-state index contributed by atoms with van der Waals surface area (Å²) >= 11 is 0. The van der Waals surface area contributed by atoms with Crippen LogP contribution in [0.2, 0.25) is 0 Å². The average Bonchev–Trinajstić information content (AvgIpc) is 3.03. The van der Waals surface area contributed by atoms with Gasteiger partial charge in [0.1, 0.15) is 5.60 Å². The highest BCUT2D eigenvalue weighted by Crippen LogP contribution is 2.41. The summed E-state index contributed by atoms with van der Waals surface area (Å²) in [5.74, 6) is 6.56. The van der Waals surface area contributed by atoms with Crippen molar-refractivity contribution in [2.24, 2.45) is 0 Å². The van der Waals surface area contributed by atoms with E-state index in [0.29, 0.717) is 22.6 Å². The molecule has 1 aliphatic heterocycles. The molecular formula is C23H24N2O4. The van der Waals surface area contributed by atoms with Crippen LogP contribution in [0.15, 0.2) is 42.5 Å². The molecule has 3 rings (SSSR count). The van der Waals surface area contributed by atoms with E-state index in [4.69, 9.17) is 9.47 Å². The number of para-hydroxylation sites is 1. The second-order valence-corrected chi connectivity index (χ2v) is 7.27. The Morgan fingerprint density at radius 3 is 2.76 bits per heavy atom. The molecule has 0 saturated carbocycles. The molecule has 0 saturated heterocycles. The lowest BCUT2D eigenvalue weighted by atomic mass is 10.0. The molecule has 1 heterocycles. The minimum Gasteiger partial charge on any atom is -0.483 e. The molecule has 2 N–H and O–H groups in total. The fourth-order valence-corrected chi connectivity index (χ4v) is 3.10. The van der Waals surface area contributed by atoms with E-state index in [1.54, 1.807) is 31.3 Å². The van der Waals surface area contributed by atoms with E-state index in [1.807, 2.05) is 32.0 Å². The Bertz CT molecular complexity index is 986. The lowest BCUT2D eigenvalue weighted by Crippen LogP contribution is -2.29. The third kappa shape index (κ3) is 5.08. The molecule has 0 radical (unpaired) electrons. The molecule has 0 unspecified atom stereocenters. The van der Waals surface area contributed by atoms with Crippen molar-refractivity contribution in [2.75, 3.05) is 20.2 Å². The van der Waals surface area contributed by atoms with Crippen LogP contribution in [0.5, 0.6) is 11.5 Å². The van der Waals surface area contributed by atoms with Crippen molar-refractivity contribution < 1.29 is 19.1 Å². The zero-order valence-corrected chi connectivity index (χ0v) is 16.8. The zero-order valence-electron chi connectivity index (χ0n) is 16.8. The monoisotopic (exact) mass is 392 g/mol. The van der Waals surface area contributed by atoms with Crippen molar-refractivity contribution in [3.05, 3.63) is 59.2 Å². The van der Waals surface area contributed by atoms with Gasteiger partial charge in [0.25, 0.3) is 11.8 Å². The maximum atomic E-state index is 12.1. The lowest BCUT2D eigenvalue weighted by molar-refractivity contribution is -0.122. The first-order chi connectivity index (χ1) is 13.9. The van der Waals surface area contributed by atoms with Crippen LogP contribution in [0.25, 0.3) is 0 Å². The topological polar surface area (TPSA) is 76.7 Å². The van der Waals surface area contributed by atoms with Crippen molar-refractivity contribution in [1.29, 1.82) is 0 Å². The minimum absolute atomic E-state index is 0.128. The Balaban J connectivity index is 1.53. The van der Waals surface area contributed by atoms with E-state index in [-0.39, 0.29) is 30.6 Å². The van der Waals surface area contributed by atoms with Gasteiger partial charge in [-0.3, -0.25) is 9.59 Å². The van der Waals surface area contributed by atoms with E-state index in [1.165, 1.54) is 0 Å². The van der Waals surface area contributed by atoms with Crippen LogP contribution >= 0.6 is 0 Å². The Labute approximate surface area is 170 Å². The van der Waals surface area contributed by atoms with Gasteiger partial charge in [-0.2, -0.15) is 0 Å². The Morgan fingerprint density at radius 1 is 1.17 bits per heavy atom. The number of fused-ring (bicyclic) bond motifs is 1. The zero-order chi connectivity index (χ0) is 20.9. The van der Waals surface area contributed by atoms with E-state index in [9.17, 15) is 9.59 Å². The molecular weight excluding hydrogens is 368 g/mol. The summed E-state index contributed by atoms with van der Waals surface area (Å²) in [6.45, 7) is 4.06. The van der Waals surface area contributed by atoms with Gasteiger partial charge < -0.3 is 20.1 Å². The summed E-state index contributed by atoms with van der Waals surface area (Å²) < 4.78 is 11.6. The maximum absolute atomic E-state index is 12.1. The first-order valence-corrected chi connectivity index (χ1v) is 9.40. The number of rotatable bonds is 5. The number of nitrogens with one attached hydrogen (secondary N) is 2. The third-order valence-electron chi connectivity index (χ3n) is 4.41. The Hall–Kier alpha value is -3.46. The fraction of sp³-hybridized carbons (Fsp3) is 0.304. The van der Waals surface area contributed by atoms with Crippen molar-refractivity contribution in [1.82, 2.24) is 10.6 Å². The van der Waals surface area contributed by atoms with Crippen LogP contribution in [0.1, 0.15) is 35.3 Å². The summed E-state index contributed by atoms with van der Waals surface area (Å²) in [6, 6.07) is 12.7. The highest BCUT2D eigenvalue weighted by Gasteiger charge is 2.32. The number of ether oxygens (including phenoxy) is 2. The highest BCUT2D eigenvalue weighted by molar-refractivity contribution is 5.96. The molecule has 0 bridgehead atoms. The van der Waals surface area contributed by atoms with Crippen molar-refractivity contribution in [2.45, 2.75) is 25.9 Å². The quantitative estimate of drug-likeness (QED) is 0.766. The lowest BCUT2D eigenvalue weighted by Gasteiger charge is -2.18. The van der Waals surface area contributed by atoms with E-state index < -0.39 is 0 Å². The number of carbonyl (C=O) groups excluding carboxylic acids is 2. The largest absolute Gasteiger partial charge is 0.483 e. The molecule has 2 aromatic carbocycles. The summed E-state index contributed by atoms with van der Waals surface area (Å²) in [6.07, 6.45) is 0.804. The number of benzene rings is 2. The van der Waals surface area contributed by atoms with Gasteiger partial charge >= 0.3 is 0 Å². The van der Waals surface area contributed by atoms with Gasteiger partial charge in [-0.1, -0.05) is 36.1 Å². The second-order valence-electron chi connectivity index (χ2n) is 7.27. The van der Waals surface area contributed by atoms with Crippen LogP contribution in [-0.2, 0) is 11.2 Å². The van der Waals surface area contributed by atoms with Gasteiger partial charge in [0.15, 0.2) is 18.1 Å². The summed E-state index contributed by atoms with van der Waals surface area (Å²) in [4.78, 5) is 23.9. The maximum Gasteiger partial charge on any atom is 0.258 e. The molecule has 0 aromatic heterocycles. The van der Waals surface area contributed by atoms with Gasteiger partial charge in [0.05, 0.1) is 12.1 Å². The number of amides is 2.